The van der Waals surface area contributed by atoms with Gasteiger partial charge in [-0.2, -0.15) is 4.31 Å². The summed E-state index contributed by atoms with van der Waals surface area (Å²) in [5, 5.41) is 0. The SMILES string of the molecule is CCCOC1CCCN(C(=O)c2ccc(N3CCCCC3)c(S(=O)(=O)N3CCCCC3)c2)C1. The largest absolute Gasteiger partial charge is 0.376 e. The zero-order chi connectivity index (χ0) is 23.3. The van der Waals surface area contributed by atoms with Crippen molar-refractivity contribution < 1.29 is 17.9 Å². The first kappa shape index (κ1) is 24.5. The van der Waals surface area contributed by atoms with E-state index >= 15 is 0 Å². The van der Waals surface area contributed by atoms with Gasteiger partial charge >= 0.3 is 0 Å². The van der Waals surface area contributed by atoms with Crippen LogP contribution in [-0.2, 0) is 14.8 Å². The summed E-state index contributed by atoms with van der Waals surface area (Å²) in [7, 11) is -3.66. The summed E-state index contributed by atoms with van der Waals surface area (Å²) >= 11 is 0. The Labute approximate surface area is 199 Å². The highest BCUT2D eigenvalue weighted by Gasteiger charge is 2.32. The van der Waals surface area contributed by atoms with E-state index in [1.807, 2.05) is 17.0 Å². The second-order valence-corrected chi connectivity index (χ2v) is 11.5. The number of piperidine rings is 3. The number of rotatable bonds is 7. The standard InChI is InChI=1S/C25H39N3O4S/c1-2-18-32-22-10-9-15-27(20-22)25(29)21-11-12-23(26-13-5-3-6-14-26)24(19-21)33(30,31)28-16-7-4-8-17-28/h11-12,19,22H,2-10,13-18,20H2,1H3. The highest BCUT2D eigenvalue weighted by molar-refractivity contribution is 7.89. The van der Waals surface area contributed by atoms with E-state index < -0.39 is 10.0 Å². The minimum atomic E-state index is -3.66. The molecular weight excluding hydrogens is 438 g/mol. The summed E-state index contributed by atoms with van der Waals surface area (Å²) in [6.07, 6.45) is 9.06. The fourth-order valence-corrected chi connectivity index (χ4v) is 6.97. The van der Waals surface area contributed by atoms with Crippen LogP contribution >= 0.6 is 0 Å². The van der Waals surface area contributed by atoms with Crippen LogP contribution in [0.4, 0.5) is 5.69 Å². The zero-order valence-electron chi connectivity index (χ0n) is 20.0. The molecule has 0 N–H and O–H groups in total. The number of anilines is 1. The highest BCUT2D eigenvalue weighted by atomic mass is 32.2. The fraction of sp³-hybridized carbons (Fsp3) is 0.720. The Hall–Kier alpha value is -1.64. The van der Waals surface area contributed by atoms with Crippen molar-refractivity contribution in [3.05, 3.63) is 23.8 Å². The van der Waals surface area contributed by atoms with E-state index in [1.165, 1.54) is 6.42 Å². The number of benzene rings is 1. The average Bonchev–Trinajstić information content (AvgIpc) is 2.88. The van der Waals surface area contributed by atoms with Crippen molar-refractivity contribution in [1.82, 2.24) is 9.21 Å². The number of hydrogen-bond donors (Lipinski definition) is 0. The van der Waals surface area contributed by atoms with Crippen LogP contribution in [0.2, 0.25) is 0 Å². The van der Waals surface area contributed by atoms with Gasteiger partial charge in [0.2, 0.25) is 10.0 Å². The Kier molecular flexibility index (Phi) is 8.30. The lowest BCUT2D eigenvalue weighted by atomic mass is 10.1. The van der Waals surface area contributed by atoms with Gasteiger partial charge < -0.3 is 14.5 Å². The van der Waals surface area contributed by atoms with E-state index in [-0.39, 0.29) is 12.0 Å². The van der Waals surface area contributed by atoms with Gasteiger partial charge in [-0.15, -0.1) is 0 Å². The van der Waals surface area contributed by atoms with Crippen molar-refractivity contribution in [3.8, 4) is 0 Å². The molecule has 3 aliphatic rings. The molecule has 3 saturated heterocycles. The molecule has 184 valence electrons. The van der Waals surface area contributed by atoms with E-state index in [1.54, 1.807) is 10.4 Å². The highest BCUT2D eigenvalue weighted by Crippen LogP contribution is 2.33. The van der Waals surface area contributed by atoms with Crippen molar-refractivity contribution in [2.24, 2.45) is 0 Å². The van der Waals surface area contributed by atoms with Crippen molar-refractivity contribution in [3.63, 3.8) is 0 Å². The molecule has 1 amide bonds. The van der Waals surface area contributed by atoms with Gasteiger partial charge in [-0.3, -0.25) is 4.79 Å². The molecule has 4 rings (SSSR count). The molecule has 3 heterocycles. The molecule has 8 heteroatoms. The summed E-state index contributed by atoms with van der Waals surface area (Å²) in [6.45, 7) is 6.88. The zero-order valence-corrected chi connectivity index (χ0v) is 20.8. The van der Waals surface area contributed by atoms with Crippen molar-refractivity contribution in [1.29, 1.82) is 0 Å². The van der Waals surface area contributed by atoms with Gasteiger partial charge in [0.25, 0.3) is 5.91 Å². The van der Waals surface area contributed by atoms with E-state index in [9.17, 15) is 13.2 Å². The van der Waals surface area contributed by atoms with E-state index in [0.717, 1.165) is 70.1 Å². The second-order valence-electron chi connectivity index (χ2n) is 9.58. The molecule has 0 spiro atoms. The van der Waals surface area contributed by atoms with Crippen LogP contribution < -0.4 is 4.90 Å². The maximum atomic E-state index is 13.7. The molecule has 1 aromatic carbocycles. The predicted octanol–water partition coefficient (Wildman–Crippen LogP) is 3.88. The van der Waals surface area contributed by atoms with Crippen LogP contribution in [0.25, 0.3) is 0 Å². The van der Waals surface area contributed by atoms with Gasteiger partial charge in [-0.05, 0) is 69.6 Å². The molecule has 0 bridgehead atoms. The molecule has 1 atom stereocenters. The molecule has 7 nitrogen and oxygen atoms in total. The van der Waals surface area contributed by atoms with Crippen LogP contribution in [0, 0.1) is 0 Å². The summed E-state index contributed by atoms with van der Waals surface area (Å²) in [5.41, 5.74) is 1.21. The summed E-state index contributed by atoms with van der Waals surface area (Å²) in [6, 6.07) is 5.33. The molecule has 3 aliphatic heterocycles. The molecule has 0 aliphatic carbocycles. The first-order valence-corrected chi connectivity index (χ1v) is 14.2. The van der Waals surface area contributed by atoms with Crippen LogP contribution in [-0.4, -0.2) is 75.5 Å². The summed E-state index contributed by atoms with van der Waals surface area (Å²) < 4.78 is 35.0. The van der Waals surface area contributed by atoms with Gasteiger partial charge in [-0.25, -0.2) is 8.42 Å². The van der Waals surface area contributed by atoms with Crippen molar-refractivity contribution in [2.75, 3.05) is 50.8 Å². The molecule has 33 heavy (non-hydrogen) atoms. The molecule has 3 fully saturated rings. The Balaban J connectivity index is 1.63. The van der Waals surface area contributed by atoms with Crippen LogP contribution in [0.5, 0.6) is 0 Å². The third kappa shape index (κ3) is 5.72. The van der Waals surface area contributed by atoms with E-state index in [4.69, 9.17) is 4.74 Å². The molecule has 0 aromatic heterocycles. The fourth-order valence-electron chi connectivity index (χ4n) is 5.22. The van der Waals surface area contributed by atoms with E-state index in [0.29, 0.717) is 43.2 Å². The summed E-state index contributed by atoms with van der Waals surface area (Å²) in [5.74, 6) is -0.0971. The lowest BCUT2D eigenvalue weighted by Gasteiger charge is -2.34. The third-order valence-corrected chi connectivity index (χ3v) is 8.99. The number of carbonyl (C=O) groups is 1. The van der Waals surface area contributed by atoms with Crippen LogP contribution in [0.1, 0.15) is 75.1 Å². The third-order valence-electron chi connectivity index (χ3n) is 7.06. The van der Waals surface area contributed by atoms with Gasteiger partial charge in [0, 0.05) is 51.4 Å². The molecular formula is C25H39N3O4S. The van der Waals surface area contributed by atoms with Gasteiger partial charge in [0.05, 0.1) is 11.8 Å². The number of carbonyl (C=O) groups excluding carboxylic acids is 1. The van der Waals surface area contributed by atoms with Crippen LogP contribution in [0.15, 0.2) is 23.1 Å². The first-order valence-electron chi connectivity index (χ1n) is 12.8. The Morgan fingerprint density at radius 1 is 0.970 bits per heavy atom. The Bertz CT molecular complexity index is 908. The quantitative estimate of drug-likeness (QED) is 0.596. The smallest absolute Gasteiger partial charge is 0.253 e. The van der Waals surface area contributed by atoms with Crippen molar-refractivity contribution in [2.45, 2.75) is 75.7 Å². The monoisotopic (exact) mass is 477 g/mol. The number of hydrogen-bond acceptors (Lipinski definition) is 5. The molecule has 1 unspecified atom stereocenters. The maximum absolute atomic E-state index is 13.7. The number of amides is 1. The number of sulfonamides is 1. The Morgan fingerprint density at radius 3 is 2.36 bits per heavy atom. The van der Waals surface area contributed by atoms with E-state index in [2.05, 4.69) is 11.8 Å². The predicted molar refractivity (Wildman–Crippen MR) is 130 cm³/mol. The lowest BCUT2D eigenvalue weighted by molar-refractivity contribution is 0.00210. The molecule has 0 radical (unpaired) electrons. The molecule has 1 aromatic rings. The normalized spacial score (nSPS) is 23.0. The maximum Gasteiger partial charge on any atom is 0.253 e. The van der Waals surface area contributed by atoms with Gasteiger partial charge in [0.1, 0.15) is 4.90 Å². The minimum absolute atomic E-state index is 0.0619. The summed E-state index contributed by atoms with van der Waals surface area (Å²) in [4.78, 5) is 17.7. The van der Waals surface area contributed by atoms with Gasteiger partial charge in [0.15, 0.2) is 0 Å². The second kappa shape index (κ2) is 11.2. The topological polar surface area (TPSA) is 70.2 Å². The minimum Gasteiger partial charge on any atom is -0.376 e. The van der Waals surface area contributed by atoms with Crippen LogP contribution in [0.3, 0.4) is 0 Å². The number of ether oxygens (including phenoxy) is 1. The van der Waals surface area contributed by atoms with Gasteiger partial charge in [-0.1, -0.05) is 13.3 Å². The molecule has 0 saturated carbocycles. The number of nitrogens with zero attached hydrogens (tertiary/aromatic N) is 3. The average molecular weight is 478 g/mol. The lowest BCUT2D eigenvalue weighted by Crippen LogP contribution is -2.43. The Morgan fingerprint density at radius 2 is 1.67 bits per heavy atom. The number of likely N-dealkylation sites (tertiary alicyclic amines) is 1. The first-order chi connectivity index (χ1) is 16.0. The van der Waals surface area contributed by atoms with Crippen molar-refractivity contribution >= 4 is 21.6 Å².